The second-order valence-corrected chi connectivity index (χ2v) is 11.9. The lowest BCUT2D eigenvalue weighted by Crippen LogP contribution is -2.49. The Kier molecular flexibility index (Phi) is 5.53. The molecule has 1 amide bonds. The van der Waals surface area contributed by atoms with E-state index in [1.165, 1.54) is 38.5 Å². The highest BCUT2D eigenvalue weighted by molar-refractivity contribution is 5.95. The SMILES string of the molecule is Cc1nn(-c2ccccc2)c(C)c1CNC(=O)c1cn(-c2ccccc2)nc1C12CC3CC(CC(C3)C1)C2. The molecule has 194 valence electrons. The van der Waals surface area contributed by atoms with Gasteiger partial charge in [0, 0.05) is 29.4 Å². The van der Waals surface area contributed by atoms with Gasteiger partial charge in [0.25, 0.3) is 5.91 Å². The molecule has 2 heterocycles. The van der Waals surface area contributed by atoms with E-state index in [9.17, 15) is 4.79 Å². The highest BCUT2D eigenvalue weighted by Crippen LogP contribution is 2.60. The molecule has 0 radical (unpaired) electrons. The van der Waals surface area contributed by atoms with Crippen molar-refractivity contribution in [1.82, 2.24) is 24.9 Å². The lowest BCUT2D eigenvalue weighted by atomic mass is 9.48. The number of para-hydroxylation sites is 2. The maximum absolute atomic E-state index is 13.9. The van der Waals surface area contributed by atoms with Gasteiger partial charge >= 0.3 is 0 Å². The third-order valence-electron chi connectivity index (χ3n) is 9.39. The normalized spacial score (nSPS) is 25.6. The Morgan fingerprint density at radius 3 is 2.05 bits per heavy atom. The average molecular weight is 506 g/mol. The average Bonchev–Trinajstić information content (AvgIpc) is 3.50. The fraction of sp³-hybridized carbons (Fsp3) is 0.406. The largest absolute Gasteiger partial charge is 0.348 e. The molecule has 0 atom stereocenters. The first kappa shape index (κ1) is 23.4. The van der Waals surface area contributed by atoms with Crippen molar-refractivity contribution in [1.29, 1.82) is 0 Å². The van der Waals surface area contributed by atoms with Crippen LogP contribution >= 0.6 is 0 Å². The zero-order valence-corrected chi connectivity index (χ0v) is 22.2. The van der Waals surface area contributed by atoms with Crippen LogP contribution in [0.25, 0.3) is 11.4 Å². The lowest BCUT2D eigenvalue weighted by molar-refractivity contribution is -0.00770. The van der Waals surface area contributed by atoms with Gasteiger partial charge in [0.2, 0.25) is 0 Å². The number of amides is 1. The molecule has 4 bridgehead atoms. The van der Waals surface area contributed by atoms with Crippen molar-refractivity contribution in [3.63, 3.8) is 0 Å². The summed E-state index contributed by atoms with van der Waals surface area (Å²) in [4.78, 5) is 13.9. The smallest absolute Gasteiger partial charge is 0.255 e. The Hall–Kier alpha value is -3.67. The fourth-order valence-corrected chi connectivity index (χ4v) is 8.06. The first-order valence-corrected chi connectivity index (χ1v) is 14.0. The van der Waals surface area contributed by atoms with Gasteiger partial charge in [-0.2, -0.15) is 10.2 Å². The molecule has 4 aromatic rings. The molecule has 0 aliphatic heterocycles. The van der Waals surface area contributed by atoms with E-state index in [2.05, 4.69) is 36.5 Å². The quantitative estimate of drug-likeness (QED) is 0.346. The van der Waals surface area contributed by atoms with Gasteiger partial charge < -0.3 is 5.32 Å². The minimum Gasteiger partial charge on any atom is -0.348 e. The van der Waals surface area contributed by atoms with Crippen molar-refractivity contribution >= 4 is 5.91 Å². The summed E-state index contributed by atoms with van der Waals surface area (Å²) < 4.78 is 3.89. The molecule has 6 nitrogen and oxygen atoms in total. The van der Waals surface area contributed by atoms with Crippen LogP contribution < -0.4 is 5.32 Å². The molecule has 4 fully saturated rings. The number of rotatable bonds is 6. The number of nitrogens with zero attached hydrogens (tertiary/aromatic N) is 4. The molecular weight excluding hydrogens is 470 g/mol. The monoisotopic (exact) mass is 505 g/mol. The van der Waals surface area contributed by atoms with E-state index in [0.29, 0.717) is 6.54 Å². The maximum atomic E-state index is 13.9. The van der Waals surface area contributed by atoms with E-state index in [1.807, 2.05) is 58.9 Å². The molecule has 4 saturated carbocycles. The Balaban J connectivity index is 1.21. The van der Waals surface area contributed by atoms with E-state index in [1.54, 1.807) is 0 Å². The second-order valence-electron chi connectivity index (χ2n) is 11.9. The third-order valence-corrected chi connectivity index (χ3v) is 9.39. The molecule has 0 unspecified atom stereocenters. The van der Waals surface area contributed by atoms with Crippen LogP contribution in [-0.2, 0) is 12.0 Å². The third kappa shape index (κ3) is 3.89. The zero-order chi connectivity index (χ0) is 25.9. The van der Waals surface area contributed by atoms with Crippen molar-refractivity contribution in [2.24, 2.45) is 17.8 Å². The van der Waals surface area contributed by atoms with Crippen LogP contribution in [0.4, 0.5) is 0 Å². The van der Waals surface area contributed by atoms with E-state index < -0.39 is 0 Å². The predicted octanol–water partition coefficient (Wildman–Crippen LogP) is 6.07. The Bertz CT molecular complexity index is 1450. The van der Waals surface area contributed by atoms with Gasteiger partial charge in [0.05, 0.1) is 28.3 Å². The van der Waals surface area contributed by atoms with Gasteiger partial charge in [0.15, 0.2) is 0 Å². The molecule has 1 N–H and O–H groups in total. The fourth-order valence-electron chi connectivity index (χ4n) is 8.06. The van der Waals surface area contributed by atoms with Crippen molar-refractivity contribution in [3.05, 3.63) is 95.1 Å². The number of carbonyl (C=O) groups excluding carboxylic acids is 1. The van der Waals surface area contributed by atoms with Crippen LogP contribution in [0.3, 0.4) is 0 Å². The minimum atomic E-state index is -0.0378. The molecule has 38 heavy (non-hydrogen) atoms. The van der Waals surface area contributed by atoms with Crippen LogP contribution in [-0.4, -0.2) is 25.5 Å². The Labute approximate surface area is 224 Å². The molecule has 2 aromatic heterocycles. The number of hydrogen-bond acceptors (Lipinski definition) is 3. The van der Waals surface area contributed by atoms with Crippen LogP contribution in [0.5, 0.6) is 0 Å². The van der Waals surface area contributed by atoms with Gasteiger partial charge in [-0.05, 0) is 94.4 Å². The second kappa shape index (κ2) is 8.97. The number of aryl methyl sites for hydroxylation is 1. The van der Waals surface area contributed by atoms with Gasteiger partial charge in [-0.3, -0.25) is 4.79 Å². The molecule has 2 aromatic carbocycles. The van der Waals surface area contributed by atoms with Crippen molar-refractivity contribution < 1.29 is 4.79 Å². The molecule has 4 aliphatic rings. The van der Waals surface area contributed by atoms with Crippen LogP contribution in [0.2, 0.25) is 0 Å². The summed E-state index contributed by atoms with van der Waals surface area (Å²) in [5.74, 6) is 2.32. The topological polar surface area (TPSA) is 64.7 Å². The summed E-state index contributed by atoms with van der Waals surface area (Å²) in [7, 11) is 0. The zero-order valence-electron chi connectivity index (χ0n) is 22.2. The van der Waals surface area contributed by atoms with E-state index in [-0.39, 0.29) is 11.3 Å². The Morgan fingerprint density at radius 2 is 1.45 bits per heavy atom. The van der Waals surface area contributed by atoms with Gasteiger partial charge in [-0.15, -0.1) is 0 Å². The molecule has 6 heteroatoms. The van der Waals surface area contributed by atoms with E-state index in [0.717, 1.165) is 57.3 Å². The summed E-state index contributed by atoms with van der Waals surface area (Å²) in [6, 6.07) is 20.3. The number of benzene rings is 2. The van der Waals surface area contributed by atoms with Crippen molar-refractivity contribution in [2.75, 3.05) is 0 Å². The lowest BCUT2D eigenvalue weighted by Gasteiger charge is -2.56. The van der Waals surface area contributed by atoms with Crippen LogP contribution in [0.1, 0.15) is 71.5 Å². The Morgan fingerprint density at radius 1 is 0.868 bits per heavy atom. The molecule has 0 saturated heterocycles. The van der Waals surface area contributed by atoms with Crippen molar-refractivity contribution in [2.45, 2.75) is 64.3 Å². The molecule has 4 aliphatic carbocycles. The first-order valence-electron chi connectivity index (χ1n) is 14.0. The highest BCUT2D eigenvalue weighted by atomic mass is 16.1. The van der Waals surface area contributed by atoms with E-state index >= 15 is 0 Å². The first-order chi connectivity index (χ1) is 18.5. The van der Waals surface area contributed by atoms with Gasteiger partial charge in [-0.1, -0.05) is 36.4 Å². The summed E-state index contributed by atoms with van der Waals surface area (Å²) in [5, 5.41) is 13.2. The van der Waals surface area contributed by atoms with Gasteiger partial charge in [0.1, 0.15) is 0 Å². The number of hydrogen-bond donors (Lipinski definition) is 1. The van der Waals surface area contributed by atoms with Crippen molar-refractivity contribution in [3.8, 4) is 11.4 Å². The summed E-state index contributed by atoms with van der Waals surface area (Å²) >= 11 is 0. The van der Waals surface area contributed by atoms with Gasteiger partial charge in [-0.25, -0.2) is 9.36 Å². The van der Waals surface area contributed by atoms with E-state index in [4.69, 9.17) is 10.2 Å². The number of nitrogens with one attached hydrogen (secondary N) is 1. The maximum Gasteiger partial charge on any atom is 0.255 e. The molecular formula is C32H35N5O. The summed E-state index contributed by atoms with van der Waals surface area (Å²) in [5.41, 5.74) is 6.86. The highest BCUT2D eigenvalue weighted by Gasteiger charge is 2.53. The van der Waals surface area contributed by atoms with Crippen LogP contribution in [0, 0.1) is 31.6 Å². The summed E-state index contributed by atoms with van der Waals surface area (Å²) in [6.45, 7) is 4.53. The van der Waals surface area contributed by atoms with Crippen LogP contribution in [0.15, 0.2) is 66.9 Å². The summed E-state index contributed by atoms with van der Waals surface area (Å²) in [6.07, 6.45) is 9.58. The number of aromatic nitrogens is 4. The molecule has 8 rings (SSSR count). The minimum absolute atomic E-state index is 0.0332. The molecule has 0 spiro atoms. The predicted molar refractivity (Wildman–Crippen MR) is 148 cm³/mol. The standard InChI is InChI=1S/C32H35N5O/c1-21-28(22(2)37(34-21)27-11-7-4-8-12-27)19-33-31(38)29-20-36(26-9-5-3-6-10-26)35-30(29)32-16-23-13-24(17-32)15-25(14-23)18-32/h3-12,20,23-25H,13-19H2,1-2H3,(H,33,38). The number of carbonyl (C=O) groups is 1.